The molecule has 0 amide bonds. The Morgan fingerprint density at radius 2 is 1.94 bits per heavy atom. The van der Waals surface area contributed by atoms with Crippen LogP contribution in [-0.4, -0.2) is 12.1 Å². The summed E-state index contributed by atoms with van der Waals surface area (Å²) in [7, 11) is 0. The molecule has 0 bridgehead atoms. The summed E-state index contributed by atoms with van der Waals surface area (Å²) in [5.74, 6) is 0.245. The van der Waals surface area contributed by atoms with Gasteiger partial charge in [0.05, 0.1) is 0 Å². The Morgan fingerprint density at radius 1 is 1.35 bits per heavy atom. The van der Waals surface area contributed by atoms with Crippen molar-refractivity contribution in [3.05, 3.63) is 11.2 Å². The fourth-order valence-corrected chi connectivity index (χ4v) is 2.70. The molecule has 2 rings (SSSR count). The molecule has 1 aliphatic rings. The van der Waals surface area contributed by atoms with E-state index in [2.05, 4.69) is 38.0 Å². The number of nitrogens with zero attached hydrogens (tertiary/aromatic N) is 3. The minimum atomic E-state index is 0.185. The van der Waals surface area contributed by atoms with Gasteiger partial charge in [-0.05, 0) is 18.1 Å². The lowest BCUT2D eigenvalue weighted by Crippen LogP contribution is -2.70. The van der Waals surface area contributed by atoms with Crippen molar-refractivity contribution >= 4 is 0 Å². The zero-order valence-electron chi connectivity index (χ0n) is 11.1. The third-order valence-electron chi connectivity index (χ3n) is 3.57. The molecular formula is C12H22N4O. The first-order valence-corrected chi connectivity index (χ1v) is 6.44. The van der Waals surface area contributed by atoms with Crippen LogP contribution in [0.25, 0.3) is 0 Å². The molecule has 1 fully saturated rings. The number of hydrogen-bond donors (Lipinski definition) is 1. The Morgan fingerprint density at radius 3 is 2.47 bits per heavy atom. The van der Waals surface area contributed by atoms with Crippen molar-refractivity contribution in [2.75, 3.05) is 5.01 Å². The highest BCUT2D eigenvalue weighted by atomic mass is 16.5. The minimum absolute atomic E-state index is 0.185. The molecule has 0 saturated carbocycles. The molecule has 1 saturated heterocycles. The van der Waals surface area contributed by atoms with Crippen molar-refractivity contribution in [3.63, 3.8) is 0 Å². The summed E-state index contributed by atoms with van der Waals surface area (Å²) < 4.78 is 5.04. The SMILES string of the molecule is CC(C)c1c(=N)o[n-][n+]1N1C(C)CCCC1C. The van der Waals surface area contributed by atoms with Crippen LogP contribution in [0.2, 0.25) is 0 Å². The summed E-state index contributed by atoms with van der Waals surface area (Å²) in [6.45, 7) is 8.57. The summed E-state index contributed by atoms with van der Waals surface area (Å²) in [4.78, 5) is 1.82. The Balaban J connectivity index is 2.41. The molecule has 2 unspecified atom stereocenters. The fourth-order valence-electron chi connectivity index (χ4n) is 2.70. The molecule has 1 aromatic heterocycles. The van der Waals surface area contributed by atoms with Crippen molar-refractivity contribution in [2.45, 2.75) is 65.0 Å². The lowest BCUT2D eigenvalue weighted by Gasteiger charge is -2.40. The predicted molar refractivity (Wildman–Crippen MR) is 63.2 cm³/mol. The third kappa shape index (κ3) is 2.10. The van der Waals surface area contributed by atoms with E-state index in [1.165, 1.54) is 19.3 Å². The molecule has 1 aromatic rings. The molecule has 2 heterocycles. The van der Waals surface area contributed by atoms with E-state index in [0.29, 0.717) is 12.1 Å². The largest absolute Gasteiger partial charge is 0.380 e. The van der Waals surface area contributed by atoms with Crippen LogP contribution in [0.5, 0.6) is 0 Å². The van der Waals surface area contributed by atoms with Gasteiger partial charge in [0.15, 0.2) is 0 Å². The van der Waals surface area contributed by atoms with Gasteiger partial charge in [0.25, 0.3) is 11.2 Å². The van der Waals surface area contributed by atoms with Crippen LogP contribution in [0.4, 0.5) is 0 Å². The van der Waals surface area contributed by atoms with Crippen molar-refractivity contribution in [3.8, 4) is 0 Å². The number of hydrogen-bond acceptors (Lipinski definition) is 3. The smallest absolute Gasteiger partial charge is 0.289 e. The Kier molecular flexibility index (Phi) is 3.26. The quantitative estimate of drug-likeness (QED) is 0.783. The first-order chi connectivity index (χ1) is 8.02. The van der Waals surface area contributed by atoms with Crippen molar-refractivity contribution < 1.29 is 9.31 Å². The summed E-state index contributed by atoms with van der Waals surface area (Å²) in [6.07, 6.45) is 3.62. The van der Waals surface area contributed by atoms with Crippen LogP contribution in [0.15, 0.2) is 4.52 Å². The van der Waals surface area contributed by atoms with E-state index in [4.69, 9.17) is 9.93 Å². The van der Waals surface area contributed by atoms with Gasteiger partial charge in [0.2, 0.25) is 0 Å². The monoisotopic (exact) mass is 238 g/mol. The molecule has 96 valence electrons. The van der Waals surface area contributed by atoms with Crippen LogP contribution in [-0.2, 0) is 0 Å². The summed E-state index contributed by atoms with van der Waals surface area (Å²) in [5, 5.41) is 14.1. The van der Waals surface area contributed by atoms with E-state index in [-0.39, 0.29) is 11.5 Å². The van der Waals surface area contributed by atoms with Gasteiger partial charge in [-0.25, -0.2) is 0 Å². The average Bonchev–Trinajstić information content (AvgIpc) is 2.60. The average molecular weight is 238 g/mol. The summed E-state index contributed by atoms with van der Waals surface area (Å²) in [5.41, 5.74) is 1.05. The normalized spacial score (nSPS) is 25.6. The molecule has 5 heteroatoms. The van der Waals surface area contributed by atoms with Gasteiger partial charge >= 0.3 is 0 Å². The van der Waals surface area contributed by atoms with E-state index >= 15 is 0 Å². The van der Waals surface area contributed by atoms with Crippen molar-refractivity contribution in [2.24, 2.45) is 0 Å². The first-order valence-electron chi connectivity index (χ1n) is 6.44. The maximum Gasteiger partial charge on any atom is 0.289 e. The molecule has 1 N–H and O–H groups in total. The van der Waals surface area contributed by atoms with Gasteiger partial charge in [-0.15, -0.1) is 0 Å². The maximum atomic E-state index is 7.80. The lowest BCUT2D eigenvalue weighted by atomic mass is 10.00. The molecule has 0 aliphatic carbocycles. The molecule has 5 nitrogen and oxygen atoms in total. The summed E-state index contributed by atoms with van der Waals surface area (Å²) >= 11 is 0. The molecule has 2 atom stereocenters. The second-order valence-electron chi connectivity index (χ2n) is 5.34. The van der Waals surface area contributed by atoms with Gasteiger partial charge in [-0.3, -0.25) is 10.4 Å². The van der Waals surface area contributed by atoms with E-state index in [1.54, 1.807) is 0 Å². The maximum absolute atomic E-state index is 7.80. The van der Waals surface area contributed by atoms with E-state index < -0.39 is 0 Å². The highest BCUT2D eigenvalue weighted by molar-refractivity contribution is 4.95. The van der Waals surface area contributed by atoms with Gasteiger partial charge < -0.3 is 4.52 Å². The first kappa shape index (κ1) is 12.2. The van der Waals surface area contributed by atoms with E-state index in [9.17, 15) is 0 Å². The van der Waals surface area contributed by atoms with Crippen LogP contribution in [0.3, 0.4) is 0 Å². The van der Waals surface area contributed by atoms with Gasteiger partial charge in [0, 0.05) is 18.0 Å². The number of aromatic nitrogens is 2. The standard InChI is InChI=1S/C12H22N4O/c1-8(2)11-12(13)17-14-16(11)15-9(3)6-5-7-10(15)4/h8-10,13H,5-7H2,1-4H3. The number of nitrogens with one attached hydrogen (secondary N) is 1. The number of piperidine rings is 1. The second kappa shape index (κ2) is 4.55. The van der Waals surface area contributed by atoms with E-state index in [0.717, 1.165) is 5.69 Å². The third-order valence-corrected chi connectivity index (χ3v) is 3.57. The highest BCUT2D eigenvalue weighted by Crippen LogP contribution is 2.18. The fraction of sp³-hybridized carbons (Fsp3) is 0.833. The van der Waals surface area contributed by atoms with Crippen LogP contribution >= 0.6 is 0 Å². The molecule has 0 aromatic carbocycles. The molecular weight excluding hydrogens is 216 g/mol. The van der Waals surface area contributed by atoms with Gasteiger partial charge in [-0.1, -0.05) is 38.9 Å². The van der Waals surface area contributed by atoms with Gasteiger partial charge in [-0.2, -0.15) is 0 Å². The van der Waals surface area contributed by atoms with Crippen molar-refractivity contribution in [1.82, 2.24) is 5.27 Å². The zero-order chi connectivity index (χ0) is 12.6. The highest BCUT2D eigenvalue weighted by Gasteiger charge is 2.30. The summed E-state index contributed by atoms with van der Waals surface area (Å²) in [6, 6.07) is 0.900. The van der Waals surface area contributed by atoms with Crippen molar-refractivity contribution in [1.29, 1.82) is 5.41 Å². The minimum Gasteiger partial charge on any atom is -0.380 e. The Hall–Kier alpha value is -1.26. The topological polar surface area (TPSA) is 58.2 Å². The molecule has 0 radical (unpaired) electrons. The van der Waals surface area contributed by atoms with E-state index in [1.807, 2.05) is 4.79 Å². The lowest BCUT2D eigenvalue weighted by molar-refractivity contribution is -0.777. The van der Waals surface area contributed by atoms with Crippen LogP contribution in [0.1, 0.15) is 58.6 Å². The number of rotatable bonds is 2. The Labute approximate surface area is 102 Å². The molecule has 1 aliphatic heterocycles. The van der Waals surface area contributed by atoms with Crippen LogP contribution < -0.4 is 20.6 Å². The van der Waals surface area contributed by atoms with Crippen LogP contribution in [0, 0.1) is 5.41 Å². The predicted octanol–water partition coefficient (Wildman–Crippen LogP) is 1.03. The Bertz CT molecular complexity index is 424. The molecule has 0 spiro atoms. The zero-order valence-corrected chi connectivity index (χ0v) is 11.1. The molecule has 17 heavy (non-hydrogen) atoms. The second-order valence-corrected chi connectivity index (χ2v) is 5.34. The van der Waals surface area contributed by atoms with Gasteiger partial charge in [0.1, 0.15) is 0 Å².